The molecule has 0 radical (unpaired) electrons. The van der Waals surface area contributed by atoms with E-state index in [0.29, 0.717) is 6.54 Å². The second kappa shape index (κ2) is 5.95. The number of nitrogens with zero attached hydrogens (tertiary/aromatic N) is 3. The SMILES string of the molecule is CN(C)C1(CNC(=O)c2ccnc(Cl)c2[N+](=O)[O-])CCC1. The van der Waals surface area contributed by atoms with Gasteiger partial charge in [-0.3, -0.25) is 14.9 Å². The highest BCUT2D eigenvalue weighted by Crippen LogP contribution is 2.35. The van der Waals surface area contributed by atoms with E-state index in [2.05, 4.69) is 15.2 Å². The molecule has 0 spiro atoms. The Morgan fingerprint density at radius 3 is 2.71 bits per heavy atom. The lowest BCUT2D eigenvalue weighted by molar-refractivity contribution is -0.385. The molecule has 1 aromatic rings. The van der Waals surface area contributed by atoms with Crippen LogP contribution in [0.3, 0.4) is 0 Å². The fourth-order valence-electron chi connectivity index (χ4n) is 2.49. The van der Waals surface area contributed by atoms with Crippen LogP contribution >= 0.6 is 11.6 Å². The largest absolute Gasteiger partial charge is 0.350 e. The molecule has 1 saturated carbocycles. The number of hydrogen-bond acceptors (Lipinski definition) is 5. The van der Waals surface area contributed by atoms with Crippen LogP contribution in [0, 0.1) is 10.1 Å². The van der Waals surface area contributed by atoms with E-state index in [4.69, 9.17) is 11.6 Å². The standard InChI is InChI=1S/C13H17ClN4O3/c1-17(2)13(5-3-6-13)8-16-12(19)9-4-7-15-11(14)10(9)18(20)21/h4,7H,3,5-6,8H2,1-2H3,(H,16,19). The van der Waals surface area contributed by atoms with Crippen LogP contribution in [0.25, 0.3) is 0 Å². The molecule has 0 aromatic carbocycles. The molecule has 0 aliphatic heterocycles. The minimum atomic E-state index is -0.685. The van der Waals surface area contributed by atoms with Gasteiger partial charge in [0.25, 0.3) is 5.91 Å². The molecule has 1 amide bonds. The van der Waals surface area contributed by atoms with Crippen LogP contribution in [0.4, 0.5) is 5.69 Å². The van der Waals surface area contributed by atoms with Crippen molar-refractivity contribution in [3.8, 4) is 0 Å². The number of pyridine rings is 1. The summed E-state index contributed by atoms with van der Waals surface area (Å²) in [6, 6.07) is 1.31. The highest BCUT2D eigenvalue weighted by molar-refractivity contribution is 6.32. The fraction of sp³-hybridized carbons (Fsp3) is 0.538. The first-order chi connectivity index (χ1) is 9.87. The Kier molecular flexibility index (Phi) is 4.43. The zero-order valence-corrected chi connectivity index (χ0v) is 12.7. The molecule has 1 aromatic heterocycles. The molecule has 21 heavy (non-hydrogen) atoms. The lowest BCUT2D eigenvalue weighted by atomic mass is 9.75. The highest BCUT2D eigenvalue weighted by Gasteiger charge is 2.39. The predicted octanol–water partition coefficient (Wildman–Crippen LogP) is 1.86. The summed E-state index contributed by atoms with van der Waals surface area (Å²) in [4.78, 5) is 28.3. The molecule has 1 heterocycles. The molecule has 7 nitrogen and oxygen atoms in total. The highest BCUT2D eigenvalue weighted by atomic mass is 35.5. The summed E-state index contributed by atoms with van der Waals surface area (Å²) < 4.78 is 0. The Labute approximate surface area is 127 Å². The second-order valence-corrected chi connectivity index (χ2v) is 5.77. The van der Waals surface area contributed by atoms with Crippen LogP contribution < -0.4 is 5.32 Å². The van der Waals surface area contributed by atoms with E-state index < -0.39 is 16.5 Å². The minimum absolute atomic E-state index is 0.0543. The molecule has 0 unspecified atom stereocenters. The first kappa shape index (κ1) is 15.7. The third kappa shape index (κ3) is 2.98. The summed E-state index contributed by atoms with van der Waals surface area (Å²) in [7, 11) is 3.94. The molecule has 2 rings (SSSR count). The third-order valence-corrected chi connectivity index (χ3v) is 4.39. The van der Waals surface area contributed by atoms with Crippen molar-refractivity contribution in [2.24, 2.45) is 0 Å². The number of likely N-dealkylation sites (N-methyl/N-ethyl adjacent to an activating group) is 1. The minimum Gasteiger partial charge on any atom is -0.350 e. The van der Waals surface area contributed by atoms with Crippen molar-refractivity contribution in [3.63, 3.8) is 0 Å². The van der Waals surface area contributed by atoms with Crippen molar-refractivity contribution in [2.75, 3.05) is 20.6 Å². The van der Waals surface area contributed by atoms with Crippen LogP contribution in [-0.2, 0) is 0 Å². The Morgan fingerprint density at radius 1 is 1.57 bits per heavy atom. The number of carbonyl (C=O) groups is 1. The van der Waals surface area contributed by atoms with E-state index in [-0.39, 0.29) is 16.3 Å². The van der Waals surface area contributed by atoms with Gasteiger partial charge >= 0.3 is 5.69 Å². The molecular weight excluding hydrogens is 296 g/mol. The average Bonchev–Trinajstić information content (AvgIpc) is 2.35. The predicted molar refractivity (Wildman–Crippen MR) is 78.5 cm³/mol. The van der Waals surface area contributed by atoms with Crippen molar-refractivity contribution in [2.45, 2.75) is 24.8 Å². The van der Waals surface area contributed by atoms with Gasteiger partial charge in [0, 0.05) is 18.3 Å². The van der Waals surface area contributed by atoms with E-state index in [9.17, 15) is 14.9 Å². The Bertz CT molecular complexity index is 573. The smallest absolute Gasteiger partial charge is 0.319 e. The van der Waals surface area contributed by atoms with E-state index >= 15 is 0 Å². The molecule has 8 heteroatoms. The van der Waals surface area contributed by atoms with Crippen molar-refractivity contribution in [1.29, 1.82) is 0 Å². The topological polar surface area (TPSA) is 88.4 Å². The maximum absolute atomic E-state index is 12.2. The van der Waals surface area contributed by atoms with Gasteiger partial charge in [-0.1, -0.05) is 11.6 Å². The zero-order chi connectivity index (χ0) is 15.6. The fourth-order valence-corrected chi connectivity index (χ4v) is 2.72. The first-order valence-electron chi connectivity index (χ1n) is 6.62. The first-order valence-corrected chi connectivity index (χ1v) is 7.00. The maximum Gasteiger partial charge on any atom is 0.319 e. The maximum atomic E-state index is 12.2. The molecule has 1 fully saturated rings. The molecule has 1 aliphatic rings. The molecule has 114 valence electrons. The monoisotopic (exact) mass is 312 g/mol. The summed E-state index contributed by atoms with van der Waals surface area (Å²) in [6.45, 7) is 0.454. The number of carbonyl (C=O) groups excluding carboxylic acids is 1. The van der Waals surface area contributed by atoms with Gasteiger partial charge in [-0.05, 0) is 39.4 Å². The van der Waals surface area contributed by atoms with Crippen LogP contribution in [0.2, 0.25) is 5.15 Å². The molecule has 1 N–H and O–H groups in total. The Balaban J connectivity index is 2.15. The van der Waals surface area contributed by atoms with Crippen LogP contribution in [-0.4, -0.2) is 46.9 Å². The van der Waals surface area contributed by atoms with Crippen LogP contribution in [0.15, 0.2) is 12.3 Å². The number of nitrogens with one attached hydrogen (secondary N) is 1. The van der Waals surface area contributed by atoms with E-state index in [1.165, 1.54) is 12.3 Å². The zero-order valence-electron chi connectivity index (χ0n) is 11.9. The second-order valence-electron chi connectivity index (χ2n) is 5.41. The molecular formula is C13H17ClN4O3. The molecule has 0 atom stereocenters. The van der Waals surface area contributed by atoms with Gasteiger partial charge in [-0.25, -0.2) is 4.98 Å². The van der Waals surface area contributed by atoms with E-state index in [1.807, 2.05) is 14.1 Å². The number of amides is 1. The van der Waals surface area contributed by atoms with Crippen molar-refractivity contribution >= 4 is 23.2 Å². The number of rotatable bonds is 5. The third-order valence-electron chi connectivity index (χ3n) is 4.12. The van der Waals surface area contributed by atoms with Gasteiger partial charge in [-0.15, -0.1) is 0 Å². The van der Waals surface area contributed by atoms with Gasteiger partial charge < -0.3 is 10.2 Å². The Hall–Kier alpha value is -1.73. The van der Waals surface area contributed by atoms with Crippen LogP contribution in [0.5, 0.6) is 0 Å². The van der Waals surface area contributed by atoms with Crippen LogP contribution in [0.1, 0.15) is 29.6 Å². The van der Waals surface area contributed by atoms with Crippen molar-refractivity contribution in [3.05, 3.63) is 33.1 Å². The summed E-state index contributed by atoms with van der Waals surface area (Å²) >= 11 is 5.71. The molecule has 0 bridgehead atoms. The quantitative estimate of drug-likeness (QED) is 0.509. The summed E-state index contributed by atoms with van der Waals surface area (Å²) in [6.07, 6.45) is 4.41. The normalized spacial score (nSPS) is 16.4. The summed E-state index contributed by atoms with van der Waals surface area (Å²) in [5, 5.41) is 13.5. The molecule has 1 aliphatic carbocycles. The van der Waals surface area contributed by atoms with Gasteiger partial charge in [0.05, 0.1) is 4.92 Å². The van der Waals surface area contributed by atoms with Crippen molar-refractivity contribution in [1.82, 2.24) is 15.2 Å². The number of nitro groups is 1. The van der Waals surface area contributed by atoms with Crippen molar-refractivity contribution < 1.29 is 9.72 Å². The number of aromatic nitrogens is 1. The lowest BCUT2D eigenvalue weighted by Gasteiger charge is -2.47. The number of hydrogen-bond donors (Lipinski definition) is 1. The Morgan fingerprint density at radius 2 is 2.24 bits per heavy atom. The average molecular weight is 313 g/mol. The van der Waals surface area contributed by atoms with Gasteiger partial charge in [-0.2, -0.15) is 0 Å². The van der Waals surface area contributed by atoms with Gasteiger partial charge in [0.2, 0.25) is 5.15 Å². The van der Waals surface area contributed by atoms with E-state index in [0.717, 1.165) is 19.3 Å². The number of halogens is 1. The molecule has 0 saturated heterocycles. The summed E-state index contributed by atoms with van der Waals surface area (Å²) in [5.41, 5.74) is -0.571. The van der Waals surface area contributed by atoms with Gasteiger partial charge in [0.15, 0.2) is 0 Å². The summed E-state index contributed by atoms with van der Waals surface area (Å²) in [5.74, 6) is -0.501. The lowest BCUT2D eigenvalue weighted by Crippen LogP contribution is -2.57. The van der Waals surface area contributed by atoms with Gasteiger partial charge in [0.1, 0.15) is 5.56 Å². The van der Waals surface area contributed by atoms with E-state index in [1.54, 1.807) is 0 Å².